The summed E-state index contributed by atoms with van der Waals surface area (Å²) in [5.74, 6) is 0. The van der Waals surface area contributed by atoms with Gasteiger partial charge in [0.2, 0.25) is 0 Å². The van der Waals surface area contributed by atoms with Crippen LogP contribution in [-0.2, 0) is 33.2 Å². The number of hydrogen-bond donors (Lipinski definition) is 0. The predicted molar refractivity (Wildman–Crippen MR) is 91.2 cm³/mol. The summed E-state index contributed by atoms with van der Waals surface area (Å²) in [7, 11) is -3.87. The summed E-state index contributed by atoms with van der Waals surface area (Å²) in [6.45, 7) is 3.11. The van der Waals surface area contributed by atoms with E-state index in [1.54, 1.807) is 24.3 Å². The highest BCUT2D eigenvalue weighted by molar-refractivity contribution is 7.86. The molecule has 4 rings (SSSR count). The first-order valence-corrected chi connectivity index (χ1v) is 10.4. The van der Waals surface area contributed by atoms with Crippen LogP contribution < -0.4 is 0 Å². The standard InChI is InChI=1S/C18H24O7S/c1-12-5-7-13(8-6-12)26(19,20)25-15-11-23-17-14(10-22-18(15)17)24-16-4-2-3-9-21-16/h5-8,14-18H,2-4,9-11H2,1H3/t14-,15-,16?,17+,18+/m0/s1. The molecule has 7 nitrogen and oxygen atoms in total. The third-order valence-electron chi connectivity index (χ3n) is 4.99. The molecule has 1 aromatic carbocycles. The van der Waals surface area contributed by atoms with Crippen molar-refractivity contribution < 1.29 is 31.5 Å². The average Bonchev–Trinajstić information content (AvgIpc) is 3.20. The van der Waals surface area contributed by atoms with Crippen LogP contribution in [0.4, 0.5) is 0 Å². The van der Waals surface area contributed by atoms with Crippen LogP contribution in [0.25, 0.3) is 0 Å². The van der Waals surface area contributed by atoms with Gasteiger partial charge in [-0.2, -0.15) is 8.42 Å². The largest absolute Gasteiger partial charge is 0.370 e. The molecule has 3 saturated heterocycles. The molecule has 26 heavy (non-hydrogen) atoms. The Hall–Kier alpha value is -1.03. The third-order valence-corrected chi connectivity index (χ3v) is 6.34. The molecule has 0 saturated carbocycles. The molecule has 144 valence electrons. The summed E-state index contributed by atoms with van der Waals surface area (Å²) < 4.78 is 53.5. The zero-order valence-electron chi connectivity index (χ0n) is 14.7. The first-order chi connectivity index (χ1) is 12.5. The minimum Gasteiger partial charge on any atom is -0.370 e. The van der Waals surface area contributed by atoms with E-state index in [1.807, 2.05) is 6.92 Å². The number of benzene rings is 1. The van der Waals surface area contributed by atoms with Crippen molar-refractivity contribution in [2.24, 2.45) is 0 Å². The normalized spacial score (nSPS) is 34.7. The minimum atomic E-state index is -3.87. The van der Waals surface area contributed by atoms with Crippen molar-refractivity contribution in [3.63, 3.8) is 0 Å². The van der Waals surface area contributed by atoms with Crippen molar-refractivity contribution >= 4 is 10.1 Å². The topological polar surface area (TPSA) is 80.3 Å². The lowest BCUT2D eigenvalue weighted by Gasteiger charge is -2.27. The van der Waals surface area contributed by atoms with Gasteiger partial charge < -0.3 is 18.9 Å². The Labute approximate surface area is 153 Å². The van der Waals surface area contributed by atoms with E-state index >= 15 is 0 Å². The Kier molecular flexibility index (Phi) is 5.31. The lowest BCUT2D eigenvalue weighted by atomic mass is 10.1. The lowest BCUT2D eigenvalue weighted by Crippen LogP contribution is -2.38. The van der Waals surface area contributed by atoms with E-state index in [2.05, 4.69) is 0 Å². The van der Waals surface area contributed by atoms with Crippen LogP contribution in [0.5, 0.6) is 0 Å². The molecule has 3 aliphatic heterocycles. The van der Waals surface area contributed by atoms with Crippen molar-refractivity contribution in [3.05, 3.63) is 29.8 Å². The van der Waals surface area contributed by atoms with E-state index in [0.717, 1.165) is 24.8 Å². The van der Waals surface area contributed by atoms with Crippen LogP contribution in [0.2, 0.25) is 0 Å². The Morgan fingerprint density at radius 2 is 1.65 bits per heavy atom. The van der Waals surface area contributed by atoms with Crippen molar-refractivity contribution in [2.75, 3.05) is 19.8 Å². The van der Waals surface area contributed by atoms with Gasteiger partial charge in [0.25, 0.3) is 10.1 Å². The molecule has 8 heteroatoms. The van der Waals surface area contributed by atoms with Crippen LogP contribution >= 0.6 is 0 Å². The first kappa shape index (κ1) is 18.3. The number of rotatable bonds is 5. The Morgan fingerprint density at radius 1 is 0.962 bits per heavy atom. The van der Waals surface area contributed by atoms with E-state index in [1.165, 1.54) is 0 Å². The molecule has 3 heterocycles. The smallest absolute Gasteiger partial charge is 0.297 e. The molecule has 0 aromatic heterocycles. The predicted octanol–water partition coefficient (Wildman–Crippen LogP) is 1.78. The molecule has 1 unspecified atom stereocenters. The molecule has 0 bridgehead atoms. The highest BCUT2D eigenvalue weighted by atomic mass is 32.2. The van der Waals surface area contributed by atoms with Gasteiger partial charge in [-0.15, -0.1) is 0 Å². The zero-order chi connectivity index (χ0) is 18.1. The molecule has 1 aromatic rings. The maximum absolute atomic E-state index is 12.5. The number of aryl methyl sites for hydroxylation is 1. The second-order valence-electron chi connectivity index (χ2n) is 6.97. The summed E-state index contributed by atoms with van der Waals surface area (Å²) in [4.78, 5) is 0.132. The van der Waals surface area contributed by atoms with Crippen LogP contribution in [0, 0.1) is 6.92 Å². The molecular weight excluding hydrogens is 360 g/mol. The SMILES string of the molecule is Cc1ccc(S(=O)(=O)O[C@H]2CO[C@H]3[C@@H]2OC[C@@H]3OC2CCCCO2)cc1. The summed E-state index contributed by atoms with van der Waals surface area (Å²) in [5.41, 5.74) is 0.984. The van der Waals surface area contributed by atoms with Gasteiger partial charge in [0.05, 0.1) is 18.1 Å². The van der Waals surface area contributed by atoms with Crippen LogP contribution in [-0.4, -0.2) is 58.9 Å². The maximum Gasteiger partial charge on any atom is 0.297 e. The summed E-state index contributed by atoms with van der Waals surface area (Å²) in [6.07, 6.45) is 1.02. The fourth-order valence-corrected chi connectivity index (χ4v) is 4.64. The van der Waals surface area contributed by atoms with E-state index in [-0.39, 0.29) is 30.0 Å². The third kappa shape index (κ3) is 3.81. The van der Waals surface area contributed by atoms with Gasteiger partial charge in [0.1, 0.15) is 24.4 Å². The number of ether oxygens (including phenoxy) is 4. The van der Waals surface area contributed by atoms with Gasteiger partial charge in [-0.1, -0.05) is 17.7 Å². The van der Waals surface area contributed by atoms with Gasteiger partial charge in [0.15, 0.2) is 6.29 Å². The Balaban J connectivity index is 1.38. The number of fused-ring (bicyclic) bond motifs is 1. The van der Waals surface area contributed by atoms with Gasteiger partial charge in [0, 0.05) is 6.61 Å². The fraction of sp³-hybridized carbons (Fsp3) is 0.667. The summed E-state index contributed by atoms with van der Waals surface area (Å²) in [6, 6.07) is 6.56. The number of hydrogen-bond acceptors (Lipinski definition) is 7. The molecule has 0 amide bonds. The van der Waals surface area contributed by atoms with Crippen molar-refractivity contribution in [3.8, 4) is 0 Å². The van der Waals surface area contributed by atoms with E-state index in [0.29, 0.717) is 13.2 Å². The maximum atomic E-state index is 12.5. The molecule has 0 spiro atoms. The molecule has 3 aliphatic rings. The van der Waals surface area contributed by atoms with Gasteiger partial charge in [-0.25, -0.2) is 0 Å². The van der Waals surface area contributed by atoms with E-state index in [9.17, 15) is 8.42 Å². The second-order valence-corrected chi connectivity index (χ2v) is 8.54. The highest BCUT2D eigenvalue weighted by Crippen LogP contribution is 2.33. The van der Waals surface area contributed by atoms with Crippen LogP contribution in [0.15, 0.2) is 29.2 Å². The molecule has 0 N–H and O–H groups in total. The summed E-state index contributed by atoms with van der Waals surface area (Å²) >= 11 is 0. The minimum absolute atomic E-state index is 0.132. The molecule has 5 atom stereocenters. The zero-order valence-corrected chi connectivity index (χ0v) is 15.5. The molecule has 3 fully saturated rings. The second kappa shape index (κ2) is 7.53. The monoisotopic (exact) mass is 384 g/mol. The van der Waals surface area contributed by atoms with Crippen LogP contribution in [0.3, 0.4) is 0 Å². The molecule has 0 radical (unpaired) electrons. The van der Waals surface area contributed by atoms with Gasteiger partial charge in [-0.05, 0) is 38.3 Å². The lowest BCUT2D eigenvalue weighted by molar-refractivity contribution is -0.202. The Bertz CT molecular complexity index is 712. The average molecular weight is 384 g/mol. The van der Waals surface area contributed by atoms with Crippen molar-refractivity contribution in [1.82, 2.24) is 0 Å². The Morgan fingerprint density at radius 3 is 2.35 bits per heavy atom. The quantitative estimate of drug-likeness (QED) is 0.716. The van der Waals surface area contributed by atoms with Crippen LogP contribution in [0.1, 0.15) is 24.8 Å². The first-order valence-electron chi connectivity index (χ1n) is 9.03. The van der Waals surface area contributed by atoms with Crippen molar-refractivity contribution in [2.45, 2.75) is 61.8 Å². The van der Waals surface area contributed by atoms with E-state index in [4.69, 9.17) is 23.1 Å². The summed E-state index contributed by atoms with van der Waals surface area (Å²) in [5, 5.41) is 0. The van der Waals surface area contributed by atoms with E-state index < -0.39 is 22.3 Å². The highest BCUT2D eigenvalue weighted by Gasteiger charge is 2.51. The van der Waals surface area contributed by atoms with Crippen molar-refractivity contribution in [1.29, 1.82) is 0 Å². The van der Waals surface area contributed by atoms with Gasteiger partial charge >= 0.3 is 0 Å². The van der Waals surface area contributed by atoms with Gasteiger partial charge in [-0.3, -0.25) is 4.18 Å². The molecule has 0 aliphatic carbocycles. The molecular formula is C18H24O7S. The fourth-order valence-electron chi connectivity index (χ4n) is 3.56.